The van der Waals surface area contributed by atoms with E-state index in [0.29, 0.717) is 28.4 Å². The fourth-order valence-electron chi connectivity index (χ4n) is 3.76. The van der Waals surface area contributed by atoms with Crippen molar-refractivity contribution in [1.29, 1.82) is 0 Å². The van der Waals surface area contributed by atoms with E-state index in [2.05, 4.69) is 0 Å². The number of aliphatic hydroxyl groups is 1. The normalized spacial score (nSPS) is 18.0. The zero-order valence-corrected chi connectivity index (χ0v) is 16.7. The second-order valence-corrected chi connectivity index (χ2v) is 7.74. The van der Waals surface area contributed by atoms with E-state index in [9.17, 15) is 14.7 Å². The molecule has 0 aliphatic carbocycles. The first-order valence-electron chi connectivity index (χ1n) is 9.37. The lowest BCUT2D eigenvalue weighted by atomic mass is 9.88. The highest BCUT2D eigenvalue weighted by molar-refractivity contribution is 6.30. The summed E-state index contributed by atoms with van der Waals surface area (Å²) in [7, 11) is 0. The molecule has 1 N–H and O–H groups in total. The van der Waals surface area contributed by atoms with Gasteiger partial charge in [0.05, 0.1) is 18.7 Å². The predicted octanol–water partition coefficient (Wildman–Crippen LogP) is 4.66. The Balaban J connectivity index is 1.69. The van der Waals surface area contributed by atoms with Crippen molar-refractivity contribution in [2.45, 2.75) is 25.5 Å². The minimum Gasteiger partial charge on any atom is -0.375 e. The van der Waals surface area contributed by atoms with Gasteiger partial charge in [0.25, 0.3) is 5.91 Å². The summed E-state index contributed by atoms with van der Waals surface area (Å²) in [4.78, 5) is 27.7. The smallest absolute Gasteiger partial charge is 0.264 e. The molecule has 0 saturated carbocycles. The molecular formula is C24H20ClNO3. The molecule has 0 spiro atoms. The van der Waals surface area contributed by atoms with Crippen molar-refractivity contribution in [2.75, 3.05) is 4.90 Å². The van der Waals surface area contributed by atoms with Gasteiger partial charge in [0, 0.05) is 16.1 Å². The van der Waals surface area contributed by atoms with Crippen molar-refractivity contribution in [3.63, 3.8) is 0 Å². The number of carbonyl (C=O) groups excluding carboxylic acids is 2. The number of halogens is 1. The van der Waals surface area contributed by atoms with Crippen LogP contribution in [-0.4, -0.2) is 16.8 Å². The van der Waals surface area contributed by atoms with Crippen LogP contribution in [-0.2, 0) is 16.9 Å². The molecule has 0 fully saturated rings. The molecule has 0 bridgehead atoms. The fraction of sp³-hybridized carbons (Fsp3) is 0.167. The molecule has 4 rings (SSSR count). The maximum atomic E-state index is 13.3. The van der Waals surface area contributed by atoms with Gasteiger partial charge in [0.2, 0.25) is 0 Å². The summed E-state index contributed by atoms with van der Waals surface area (Å²) in [6.07, 6.45) is -0.325. The molecular weight excluding hydrogens is 386 g/mol. The third-order valence-electron chi connectivity index (χ3n) is 5.41. The number of rotatable bonds is 5. The van der Waals surface area contributed by atoms with Crippen LogP contribution in [0.1, 0.15) is 33.5 Å². The van der Waals surface area contributed by atoms with Crippen LogP contribution in [0.4, 0.5) is 5.69 Å². The Hall–Kier alpha value is -2.95. The summed E-state index contributed by atoms with van der Waals surface area (Å²) in [5.41, 5.74) is 1.66. The predicted molar refractivity (Wildman–Crippen MR) is 113 cm³/mol. The van der Waals surface area contributed by atoms with E-state index < -0.39 is 11.5 Å². The topological polar surface area (TPSA) is 57.6 Å². The van der Waals surface area contributed by atoms with Crippen LogP contribution in [0.15, 0.2) is 72.8 Å². The van der Waals surface area contributed by atoms with E-state index in [4.69, 9.17) is 11.6 Å². The minimum absolute atomic E-state index is 0.315. The van der Waals surface area contributed by atoms with Crippen LogP contribution in [0.25, 0.3) is 0 Å². The van der Waals surface area contributed by atoms with Crippen LogP contribution in [0.2, 0.25) is 5.02 Å². The molecule has 3 aromatic carbocycles. The average Bonchev–Trinajstić information content (AvgIpc) is 2.92. The summed E-state index contributed by atoms with van der Waals surface area (Å²) < 4.78 is 0. The number of ketones is 1. The summed E-state index contributed by atoms with van der Waals surface area (Å²) in [5.74, 6) is -0.797. The number of hydrogen-bond acceptors (Lipinski definition) is 3. The Labute approximate surface area is 174 Å². The number of aryl methyl sites for hydroxylation is 1. The first kappa shape index (κ1) is 19.4. The molecule has 4 nitrogen and oxygen atoms in total. The first-order chi connectivity index (χ1) is 13.9. The van der Waals surface area contributed by atoms with Gasteiger partial charge in [-0.15, -0.1) is 0 Å². The molecule has 5 heteroatoms. The van der Waals surface area contributed by atoms with Gasteiger partial charge in [-0.1, -0.05) is 54.1 Å². The van der Waals surface area contributed by atoms with Gasteiger partial charge >= 0.3 is 0 Å². The second kappa shape index (κ2) is 7.47. The molecule has 0 unspecified atom stereocenters. The van der Waals surface area contributed by atoms with Crippen molar-refractivity contribution >= 4 is 29.0 Å². The maximum Gasteiger partial charge on any atom is 0.264 e. The van der Waals surface area contributed by atoms with Crippen molar-refractivity contribution < 1.29 is 14.7 Å². The molecule has 1 heterocycles. The first-order valence-corrected chi connectivity index (χ1v) is 9.75. The fourth-order valence-corrected chi connectivity index (χ4v) is 3.89. The van der Waals surface area contributed by atoms with Crippen LogP contribution in [0, 0.1) is 6.92 Å². The lowest BCUT2D eigenvalue weighted by Gasteiger charge is -2.23. The third kappa shape index (κ3) is 3.46. The maximum absolute atomic E-state index is 13.3. The Kier molecular flexibility index (Phi) is 4.99. The Morgan fingerprint density at radius 3 is 2.38 bits per heavy atom. The summed E-state index contributed by atoms with van der Waals surface area (Å²) in [5, 5.41) is 11.9. The molecule has 3 aromatic rings. The lowest BCUT2D eigenvalue weighted by Crippen LogP contribution is -2.41. The Morgan fingerprint density at radius 1 is 1.00 bits per heavy atom. The summed E-state index contributed by atoms with van der Waals surface area (Å²) in [6, 6.07) is 21.3. The van der Waals surface area contributed by atoms with Gasteiger partial charge in [-0.25, -0.2) is 0 Å². The second-order valence-electron chi connectivity index (χ2n) is 7.30. The van der Waals surface area contributed by atoms with Crippen molar-refractivity contribution in [1.82, 2.24) is 0 Å². The standard InChI is InChI=1S/C24H20ClNO3/c1-16-6-2-3-7-18(16)15-26-21-9-5-4-8-20(21)24(29,23(26)28)14-22(27)17-10-12-19(25)13-11-17/h2-13,29H,14-15H2,1H3/t24-/m0/s1. The Bertz CT molecular complexity index is 1090. The highest BCUT2D eigenvalue weighted by Gasteiger charge is 2.50. The highest BCUT2D eigenvalue weighted by atomic mass is 35.5. The van der Waals surface area contributed by atoms with E-state index in [-0.39, 0.29) is 12.2 Å². The quantitative estimate of drug-likeness (QED) is 0.628. The van der Waals surface area contributed by atoms with E-state index >= 15 is 0 Å². The number of fused-ring (bicyclic) bond motifs is 1. The minimum atomic E-state index is -1.89. The number of hydrogen-bond donors (Lipinski definition) is 1. The highest BCUT2D eigenvalue weighted by Crippen LogP contribution is 2.43. The SMILES string of the molecule is Cc1ccccc1CN1C(=O)[C@](O)(CC(=O)c2ccc(Cl)cc2)c2ccccc21. The summed E-state index contributed by atoms with van der Waals surface area (Å²) >= 11 is 5.89. The largest absolute Gasteiger partial charge is 0.375 e. The number of benzene rings is 3. The molecule has 29 heavy (non-hydrogen) atoms. The Morgan fingerprint density at radius 2 is 1.66 bits per heavy atom. The molecule has 0 saturated heterocycles. The summed E-state index contributed by atoms with van der Waals surface area (Å²) in [6.45, 7) is 2.32. The average molecular weight is 406 g/mol. The van der Waals surface area contributed by atoms with Crippen molar-refractivity contribution in [3.8, 4) is 0 Å². The van der Waals surface area contributed by atoms with Crippen LogP contribution in [0.3, 0.4) is 0 Å². The van der Waals surface area contributed by atoms with Gasteiger partial charge in [-0.2, -0.15) is 0 Å². The molecule has 146 valence electrons. The number of nitrogens with zero attached hydrogens (tertiary/aromatic N) is 1. The van der Waals surface area contributed by atoms with Crippen LogP contribution >= 0.6 is 11.6 Å². The number of amides is 1. The van der Waals surface area contributed by atoms with Crippen molar-refractivity contribution in [3.05, 3.63) is 100 Å². The van der Waals surface area contributed by atoms with E-state index in [0.717, 1.165) is 11.1 Å². The van der Waals surface area contributed by atoms with Gasteiger partial charge in [-0.3, -0.25) is 9.59 Å². The molecule has 1 atom stereocenters. The van der Waals surface area contributed by atoms with Gasteiger partial charge < -0.3 is 10.0 Å². The third-order valence-corrected chi connectivity index (χ3v) is 5.66. The van der Waals surface area contributed by atoms with E-state index in [1.54, 1.807) is 47.4 Å². The lowest BCUT2D eigenvalue weighted by molar-refractivity contribution is -0.136. The zero-order valence-electron chi connectivity index (χ0n) is 15.9. The van der Waals surface area contributed by atoms with Gasteiger partial charge in [-0.05, 0) is 48.4 Å². The van der Waals surface area contributed by atoms with E-state index in [1.165, 1.54) is 0 Å². The van der Waals surface area contributed by atoms with Gasteiger partial charge in [0.1, 0.15) is 0 Å². The van der Waals surface area contributed by atoms with Gasteiger partial charge in [0.15, 0.2) is 11.4 Å². The molecule has 1 aliphatic rings. The molecule has 0 aromatic heterocycles. The number of para-hydroxylation sites is 1. The molecule has 0 radical (unpaired) electrons. The molecule has 1 amide bonds. The number of carbonyl (C=O) groups is 2. The van der Waals surface area contributed by atoms with E-state index in [1.807, 2.05) is 37.3 Å². The molecule has 1 aliphatic heterocycles. The number of anilines is 1. The van der Waals surface area contributed by atoms with Crippen LogP contribution in [0.5, 0.6) is 0 Å². The zero-order chi connectivity index (χ0) is 20.6. The number of Topliss-reactive ketones (excluding diaryl/α,β-unsaturated/α-hetero) is 1. The monoisotopic (exact) mass is 405 g/mol. The van der Waals surface area contributed by atoms with Crippen LogP contribution < -0.4 is 4.90 Å². The van der Waals surface area contributed by atoms with Crippen molar-refractivity contribution in [2.24, 2.45) is 0 Å².